The van der Waals surface area contributed by atoms with Crippen molar-refractivity contribution in [2.45, 2.75) is 68.3 Å². The Balaban J connectivity index is 1.39. The molecule has 14 heteroatoms. The molecule has 1 aromatic heterocycles. The van der Waals surface area contributed by atoms with Crippen molar-refractivity contribution >= 4 is 11.0 Å². The topological polar surface area (TPSA) is 229 Å². The fourth-order valence-corrected chi connectivity index (χ4v) is 4.84. The Labute approximate surface area is 231 Å². The normalized spacial score (nSPS) is 34.0. The number of aromatic hydroxyl groups is 2. The van der Waals surface area contributed by atoms with Crippen molar-refractivity contribution in [2.75, 3.05) is 6.61 Å². The molecular weight excluding hydrogens is 548 g/mol. The van der Waals surface area contributed by atoms with E-state index in [0.717, 1.165) is 6.07 Å². The Morgan fingerprint density at radius 3 is 2.24 bits per heavy atom. The molecule has 3 aromatic rings. The maximum Gasteiger partial charge on any atom is 0.229 e. The molecule has 5 rings (SSSR count). The summed E-state index contributed by atoms with van der Waals surface area (Å²) in [4.78, 5) is 13.0. The minimum Gasteiger partial charge on any atom is -0.508 e. The zero-order valence-corrected chi connectivity index (χ0v) is 21.5. The third-order valence-electron chi connectivity index (χ3n) is 7.18. The van der Waals surface area contributed by atoms with Gasteiger partial charge in [0, 0.05) is 12.1 Å². The van der Waals surface area contributed by atoms with Gasteiger partial charge in [0.1, 0.15) is 71.1 Å². The second-order valence-corrected chi connectivity index (χ2v) is 9.95. The highest BCUT2D eigenvalue weighted by molar-refractivity contribution is 5.88. The number of phenols is 2. The summed E-state index contributed by atoms with van der Waals surface area (Å²) in [5, 5.41) is 80.9. The van der Waals surface area contributed by atoms with Gasteiger partial charge in [-0.3, -0.25) is 4.79 Å². The Morgan fingerprint density at radius 2 is 1.56 bits per heavy atom. The van der Waals surface area contributed by atoms with Crippen LogP contribution in [0, 0.1) is 0 Å². The number of benzene rings is 2. The van der Waals surface area contributed by atoms with Crippen molar-refractivity contribution in [1.82, 2.24) is 0 Å². The predicted molar refractivity (Wildman–Crippen MR) is 137 cm³/mol. The van der Waals surface area contributed by atoms with Crippen molar-refractivity contribution in [3.8, 4) is 28.4 Å². The second kappa shape index (κ2) is 11.5. The standard InChI is InChI=1S/C27H30O14/c1-10-19(31)22(34)24(36)26(38-10)41-25-23(35)21(33)17(8-28)40-27(25)39-13-4-2-11(3-5-13)14-9-37-16-7-12(29)6-15(30)18(16)20(14)32/h2-7,9-10,17,19,21-31,33-36H,8H2,1H3/t10-,17-,19-,21-,22+,23+,24-,25-,26-,27-/m0/s1. The van der Waals surface area contributed by atoms with Crippen LogP contribution in [0.25, 0.3) is 22.1 Å². The van der Waals surface area contributed by atoms with Crippen LogP contribution in [0.5, 0.6) is 17.2 Å². The Hall–Kier alpha value is -3.31. The van der Waals surface area contributed by atoms with Crippen LogP contribution < -0.4 is 10.2 Å². The molecule has 0 spiro atoms. The van der Waals surface area contributed by atoms with E-state index in [1.807, 2.05) is 0 Å². The molecule has 222 valence electrons. The quantitative estimate of drug-likeness (QED) is 0.174. The summed E-state index contributed by atoms with van der Waals surface area (Å²) < 4.78 is 28.0. The minimum atomic E-state index is -1.71. The maximum atomic E-state index is 13.0. The van der Waals surface area contributed by atoms with E-state index in [1.54, 1.807) is 0 Å². The molecule has 10 atom stereocenters. The molecule has 0 saturated carbocycles. The average molecular weight is 579 g/mol. The van der Waals surface area contributed by atoms with E-state index in [9.17, 15) is 45.6 Å². The minimum absolute atomic E-state index is 0.000592. The van der Waals surface area contributed by atoms with Gasteiger partial charge in [-0.2, -0.15) is 0 Å². The van der Waals surface area contributed by atoms with E-state index in [0.29, 0.717) is 5.56 Å². The third kappa shape index (κ3) is 5.49. The lowest BCUT2D eigenvalue weighted by molar-refractivity contribution is -0.354. The third-order valence-corrected chi connectivity index (χ3v) is 7.18. The largest absolute Gasteiger partial charge is 0.508 e. The molecule has 2 saturated heterocycles. The molecule has 0 bridgehead atoms. The van der Waals surface area contributed by atoms with Crippen LogP contribution in [0.2, 0.25) is 0 Å². The van der Waals surface area contributed by atoms with Crippen molar-refractivity contribution < 1.29 is 64.2 Å². The summed E-state index contributed by atoms with van der Waals surface area (Å²) >= 11 is 0. The summed E-state index contributed by atoms with van der Waals surface area (Å²) in [6.45, 7) is 0.772. The average Bonchev–Trinajstić information content (AvgIpc) is 2.94. The number of fused-ring (bicyclic) bond motifs is 1. The smallest absolute Gasteiger partial charge is 0.229 e. The molecular formula is C27H30O14. The van der Waals surface area contributed by atoms with Gasteiger partial charge in [-0.05, 0) is 24.6 Å². The first-order valence-electron chi connectivity index (χ1n) is 12.7. The number of aliphatic hydroxyl groups is 6. The highest BCUT2D eigenvalue weighted by Crippen LogP contribution is 2.32. The summed E-state index contributed by atoms with van der Waals surface area (Å²) in [6, 6.07) is 8.14. The monoisotopic (exact) mass is 578 g/mol. The molecule has 0 aliphatic carbocycles. The van der Waals surface area contributed by atoms with Crippen molar-refractivity contribution in [2.24, 2.45) is 0 Å². The number of ether oxygens (including phenoxy) is 4. The fraction of sp³-hybridized carbons (Fsp3) is 0.444. The second-order valence-electron chi connectivity index (χ2n) is 9.95. The zero-order valence-electron chi connectivity index (χ0n) is 21.5. The zero-order chi connectivity index (χ0) is 29.6. The van der Waals surface area contributed by atoms with Crippen LogP contribution in [0.3, 0.4) is 0 Å². The lowest BCUT2D eigenvalue weighted by atomic mass is 9.97. The van der Waals surface area contributed by atoms with Crippen LogP contribution in [0.1, 0.15) is 6.92 Å². The Morgan fingerprint density at radius 1 is 0.854 bits per heavy atom. The maximum absolute atomic E-state index is 13.0. The molecule has 2 fully saturated rings. The van der Waals surface area contributed by atoms with Crippen LogP contribution in [-0.2, 0) is 14.2 Å². The molecule has 8 N–H and O–H groups in total. The Kier molecular flexibility index (Phi) is 8.20. The summed E-state index contributed by atoms with van der Waals surface area (Å²) in [5.41, 5.74) is -0.0459. The van der Waals surface area contributed by atoms with Crippen molar-refractivity contribution in [3.63, 3.8) is 0 Å². The van der Waals surface area contributed by atoms with Gasteiger partial charge in [-0.25, -0.2) is 0 Å². The first kappa shape index (κ1) is 29.2. The van der Waals surface area contributed by atoms with E-state index < -0.39 is 79.2 Å². The van der Waals surface area contributed by atoms with Crippen LogP contribution >= 0.6 is 0 Å². The van der Waals surface area contributed by atoms with Crippen LogP contribution in [0.15, 0.2) is 51.9 Å². The number of rotatable bonds is 6. The van der Waals surface area contributed by atoms with Gasteiger partial charge in [0.25, 0.3) is 0 Å². The van der Waals surface area contributed by atoms with E-state index >= 15 is 0 Å². The molecule has 2 aliphatic rings. The lowest BCUT2D eigenvalue weighted by Crippen LogP contribution is -2.64. The Bertz CT molecular complexity index is 1420. The highest BCUT2D eigenvalue weighted by atomic mass is 16.8. The van der Waals surface area contributed by atoms with Gasteiger partial charge < -0.3 is 64.2 Å². The molecule has 14 nitrogen and oxygen atoms in total. The lowest BCUT2D eigenvalue weighted by Gasteiger charge is -2.45. The number of phenolic OH excluding ortho intramolecular Hbond substituents is 2. The van der Waals surface area contributed by atoms with Gasteiger partial charge in [0.15, 0.2) is 12.4 Å². The number of hydrogen-bond acceptors (Lipinski definition) is 14. The van der Waals surface area contributed by atoms with Crippen molar-refractivity contribution in [3.05, 3.63) is 52.9 Å². The molecule has 2 aliphatic heterocycles. The van der Waals surface area contributed by atoms with E-state index in [1.165, 1.54) is 43.5 Å². The summed E-state index contributed by atoms with van der Waals surface area (Å²) in [7, 11) is 0. The SMILES string of the molecule is C[C@@H]1O[C@@H](O[C@@H]2[C@@H](Oc3ccc(-c4coc5cc(O)cc(O)c5c4=O)cc3)O[C@@H](CO)[C@H](O)[C@H]2O)[C@@H](O)[C@H](O)[C@H]1O. The van der Waals surface area contributed by atoms with Crippen LogP contribution in [-0.4, -0.2) is 109 Å². The first-order valence-corrected chi connectivity index (χ1v) is 12.7. The summed E-state index contributed by atoms with van der Waals surface area (Å²) in [6.07, 6.45) is -13.5. The van der Waals surface area contributed by atoms with Crippen molar-refractivity contribution in [1.29, 1.82) is 0 Å². The van der Waals surface area contributed by atoms with E-state index in [2.05, 4.69) is 0 Å². The molecule has 3 heterocycles. The first-order chi connectivity index (χ1) is 19.5. The fourth-order valence-electron chi connectivity index (χ4n) is 4.84. The predicted octanol–water partition coefficient (Wildman–Crippen LogP) is -1.10. The van der Waals surface area contributed by atoms with Gasteiger partial charge in [0.2, 0.25) is 11.7 Å². The van der Waals surface area contributed by atoms with Gasteiger partial charge >= 0.3 is 0 Å². The number of aliphatic hydroxyl groups excluding tert-OH is 6. The summed E-state index contributed by atoms with van der Waals surface area (Å²) in [5.74, 6) is -0.563. The van der Waals surface area contributed by atoms with E-state index in [4.69, 9.17) is 23.4 Å². The van der Waals surface area contributed by atoms with Gasteiger partial charge in [0.05, 0.1) is 18.3 Å². The molecule has 41 heavy (non-hydrogen) atoms. The van der Waals surface area contributed by atoms with Gasteiger partial charge in [-0.15, -0.1) is 0 Å². The highest BCUT2D eigenvalue weighted by Gasteiger charge is 2.50. The van der Waals surface area contributed by atoms with Gasteiger partial charge in [-0.1, -0.05) is 12.1 Å². The molecule has 0 amide bonds. The number of hydrogen-bond donors (Lipinski definition) is 8. The molecule has 0 unspecified atom stereocenters. The van der Waals surface area contributed by atoms with Crippen LogP contribution in [0.4, 0.5) is 0 Å². The van der Waals surface area contributed by atoms with E-state index in [-0.39, 0.29) is 28.0 Å². The molecule has 0 radical (unpaired) electrons. The molecule has 2 aromatic carbocycles.